The molecule has 0 aliphatic carbocycles. The summed E-state index contributed by atoms with van der Waals surface area (Å²) in [6.07, 6.45) is 62.4. The van der Waals surface area contributed by atoms with Gasteiger partial charge >= 0.3 is 33.6 Å². The molecule has 0 saturated heterocycles. The highest BCUT2D eigenvalue weighted by Crippen LogP contribution is 2.45. The van der Waals surface area contributed by atoms with Crippen molar-refractivity contribution in [3.8, 4) is 0 Å². The minimum atomic E-state index is -4.92. The van der Waals surface area contributed by atoms with Gasteiger partial charge in [-0.3, -0.25) is 32.5 Å². The van der Waals surface area contributed by atoms with Crippen LogP contribution in [0.3, 0.4) is 0 Å². The first kappa shape index (κ1) is 82.0. The Hall–Kier alpha value is -3.01. The van der Waals surface area contributed by atoms with E-state index in [2.05, 4.69) is 93.7 Å². The molecule has 18 heteroatoms. The summed E-state index contributed by atoms with van der Waals surface area (Å²) < 4.78 is 60.8. The van der Waals surface area contributed by atoms with Crippen LogP contribution in [0, 0.1) is 0 Å². The number of unbranched alkanes of at least 4 members (excludes halogenated alkanes) is 28. The number of ether oxygens (including phenoxy) is 3. The number of aliphatic hydroxyl groups is 2. The summed E-state index contributed by atoms with van der Waals surface area (Å²) in [6.45, 7) is 2.52. The number of phosphoric ester groups is 2. The van der Waals surface area contributed by atoms with E-state index < -0.39 is 91.5 Å². The highest BCUT2D eigenvalue weighted by molar-refractivity contribution is 7.47. The molecule has 0 radical (unpaired) electrons. The quantitative estimate of drug-likeness (QED) is 0.0146. The van der Waals surface area contributed by atoms with Crippen molar-refractivity contribution in [1.82, 2.24) is 0 Å². The molecule has 494 valence electrons. The molecule has 16 nitrogen and oxygen atoms in total. The van der Waals surface area contributed by atoms with Crippen molar-refractivity contribution >= 4 is 33.6 Å². The smallest absolute Gasteiger partial charge is 0.463 e. The maximum Gasteiger partial charge on any atom is 0.472 e. The van der Waals surface area contributed by atoms with Gasteiger partial charge < -0.3 is 34.2 Å². The number of hydrogen-bond acceptors (Lipinski definition) is 14. The van der Waals surface area contributed by atoms with Crippen LogP contribution in [0.2, 0.25) is 0 Å². The third kappa shape index (κ3) is 62.4. The van der Waals surface area contributed by atoms with Gasteiger partial charge in [-0.2, -0.15) is 0 Å². The molecule has 0 heterocycles. The predicted octanol–water partition coefficient (Wildman–Crippen LogP) is 18.0. The van der Waals surface area contributed by atoms with Crippen LogP contribution in [0.25, 0.3) is 0 Å². The summed E-state index contributed by atoms with van der Waals surface area (Å²) in [5, 5.41) is 20.5. The number of rotatable bonds is 63. The molecule has 0 fully saturated rings. The zero-order chi connectivity index (χ0) is 62.4. The topological polar surface area (TPSA) is 231 Å². The van der Waals surface area contributed by atoms with E-state index in [1.54, 1.807) is 0 Å². The van der Waals surface area contributed by atoms with Crippen molar-refractivity contribution in [3.05, 3.63) is 72.9 Å². The van der Waals surface area contributed by atoms with E-state index >= 15 is 0 Å². The van der Waals surface area contributed by atoms with Gasteiger partial charge in [0.2, 0.25) is 0 Å². The third-order valence-electron chi connectivity index (χ3n) is 13.9. The van der Waals surface area contributed by atoms with E-state index in [-0.39, 0.29) is 19.3 Å². The lowest BCUT2D eigenvalue weighted by Crippen LogP contribution is -2.30. The number of phosphoric acid groups is 2. The van der Waals surface area contributed by atoms with Crippen molar-refractivity contribution in [1.29, 1.82) is 0 Å². The van der Waals surface area contributed by atoms with Gasteiger partial charge in [-0.15, -0.1) is 0 Å². The fourth-order valence-electron chi connectivity index (χ4n) is 8.79. The average molecular weight is 1240 g/mol. The van der Waals surface area contributed by atoms with Gasteiger partial charge in [0.25, 0.3) is 0 Å². The first-order chi connectivity index (χ1) is 41.2. The molecule has 0 aliphatic heterocycles. The Bertz CT molecular complexity index is 1850. The summed E-state index contributed by atoms with van der Waals surface area (Å²) in [4.78, 5) is 58.3. The molecule has 5 unspecified atom stereocenters. The van der Waals surface area contributed by atoms with Crippen molar-refractivity contribution in [2.24, 2.45) is 0 Å². The first-order valence-electron chi connectivity index (χ1n) is 33.2. The summed E-state index contributed by atoms with van der Waals surface area (Å²) in [5.41, 5.74) is 0. The van der Waals surface area contributed by atoms with Crippen LogP contribution in [0.5, 0.6) is 0 Å². The van der Waals surface area contributed by atoms with Crippen LogP contribution >= 0.6 is 15.6 Å². The van der Waals surface area contributed by atoms with E-state index in [4.69, 9.17) is 32.3 Å². The van der Waals surface area contributed by atoms with E-state index in [1.807, 2.05) is 0 Å². The molecule has 0 bridgehead atoms. The van der Waals surface area contributed by atoms with Gasteiger partial charge in [0.15, 0.2) is 6.10 Å². The van der Waals surface area contributed by atoms with Gasteiger partial charge in [-0.25, -0.2) is 9.13 Å². The summed E-state index contributed by atoms with van der Waals surface area (Å²) in [6, 6.07) is 0. The Labute approximate surface area is 515 Å². The maximum absolute atomic E-state index is 12.9. The Morgan fingerprint density at radius 3 is 1.00 bits per heavy atom. The third-order valence-corrected chi connectivity index (χ3v) is 15.8. The maximum atomic E-state index is 12.9. The minimum Gasteiger partial charge on any atom is -0.463 e. The van der Waals surface area contributed by atoms with Crippen LogP contribution in [-0.4, -0.2) is 95.9 Å². The summed E-state index contributed by atoms with van der Waals surface area (Å²) in [7, 11) is -9.77. The number of carbonyl (C=O) groups is 3. The van der Waals surface area contributed by atoms with Crippen molar-refractivity contribution < 1.29 is 75.8 Å². The van der Waals surface area contributed by atoms with E-state index in [1.165, 1.54) is 77.0 Å². The highest BCUT2D eigenvalue weighted by atomic mass is 31.2. The minimum absolute atomic E-state index is 0.0949. The molecule has 0 aromatic heterocycles. The molecule has 0 amide bonds. The van der Waals surface area contributed by atoms with Gasteiger partial charge in [0, 0.05) is 19.3 Å². The number of allylic oxidation sites excluding steroid dienone is 12. The second-order valence-electron chi connectivity index (χ2n) is 22.2. The molecule has 0 saturated carbocycles. The molecule has 85 heavy (non-hydrogen) atoms. The van der Waals surface area contributed by atoms with Crippen LogP contribution in [0.4, 0.5) is 0 Å². The molecule has 0 aromatic carbocycles. The number of esters is 3. The molecular weight excluding hydrogens is 1120 g/mol. The zero-order valence-electron chi connectivity index (χ0n) is 53.3. The number of aliphatic hydroxyl groups excluding tert-OH is 2. The number of carbonyl (C=O) groups excluding carboxylic acids is 3. The molecule has 0 aliphatic rings. The van der Waals surface area contributed by atoms with Crippen LogP contribution in [0.1, 0.15) is 278 Å². The van der Waals surface area contributed by atoms with Crippen molar-refractivity contribution in [2.45, 2.75) is 296 Å². The molecule has 0 spiro atoms. The Balaban J connectivity index is 4.67. The van der Waals surface area contributed by atoms with Gasteiger partial charge in [0.05, 0.1) is 26.4 Å². The van der Waals surface area contributed by atoms with Crippen molar-refractivity contribution in [2.75, 3.05) is 39.6 Å². The second-order valence-corrected chi connectivity index (χ2v) is 25.1. The van der Waals surface area contributed by atoms with E-state index in [0.29, 0.717) is 19.3 Å². The van der Waals surface area contributed by atoms with Crippen LogP contribution in [-0.2, 0) is 55.8 Å². The van der Waals surface area contributed by atoms with Crippen LogP contribution in [0.15, 0.2) is 72.9 Å². The van der Waals surface area contributed by atoms with Gasteiger partial charge in [-0.05, 0) is 109 Å². The standard InChI is InChI=1S/C67H120O16P2/c1-4-7-10-13-16-19-22-25-28-29-30-31-34-36-38-41-44-47-50-53-65(70)77-56-62(68)57-79-84(73,74)80-58-63(69)59-81-85(75,76)82-61-64(83-67(72)55-52-49-46-43-40-37-33-27-24-21-18-15-12-9-6-3)60-78-66(71)54-51-48-45-42-39-35-32-26-23-20-17-14-11-8-5-2/h7,10,16,19,25-28,30-33,62-64,68-69H,4-6,8-9,11-15,17-18,20-24,29,34-61H2,1-3H3,(H,73,74)(H,75,76)/b10-7-,19-16-,28-25-,31-30-,32-26-,33-27-. The molecule has 0 aromatic rings. The largest absolute Gasteiger partial charge is 0.472 e. The fraction of sp³-hybridized carbons (Fsp3) is 0.776. The lowest BCUT2D eigenvalue weighted by Gasteiger charge is -2.21. The highest BCUT2D eigenvalue weighted by Gasteiger charge is 2.29. The zero-order valence-corrected chi connectivity index (χ0v) is 55.1. The Morgan fingerprint density at radius 2 is 0.624 bits per heavy atom. The monoisotopic (exact) mass is 1240 g/mol. The lowest BCUT2D eigenvalue weighted by atomic mass is 10.1. The fourth-order valence-corrected chi connectivity index (χ4v) is 10.4. The Kier molecular flexibility index (Phi) is 59.1. The predicted molar refractivity (Wildman–Crippen MR) is 344 cm³/mol. The Morgan fingerprint density at radius 1 is 0.341 bits per heavy atom. The van der Waals surface area contributed by atoms with E-state index in [9.17, 15) is 43.5 Å². The van der Waals surface area contributed by atoms with Gasteiger partial charge in [-0.1, -0.05) is 222 Å². The normalized spacial score (nSPS) is 14.8. The van der Waals surface area contributed by atoms with E-state index in [0.717, 1.165) is 141 Å². The summed E-state index contributed by atoms with van der Waals surface area (Å²) in [5.74, 6) is -1.60. The van der Waals surface area contributed by atoms with Crippen molar-refractivity contribution in [3.63, 3.8) is 0 Å². The molecular formula is C67H120O16P2. The second kappa shape index (κ2) is 61.2. The SMILES string of the molecule is CC/C=C\C/C=C\C/C=C\C/C=C\CCCCCCCCC(=O)OCC(O)COP(=O)(O)OCC(O)COP(=O)(O)OCC(COC(=O)CCCCCCC/C=C\CCCCCCCC)OC(=O)CCCCCCC/C=C\CCCCCCCC. The average Bonchev–Trinajstić information content (AvgIpc) is 3.52. The molecule has 5 atom stereocenters. The lowest BCUT2D eigenvalue weighted by molar-refractivity contribution is -0.161. The first-order valence-corrected chi connectivity index (χ1v) is 36.2. The van der Waals surface area contributed by atoms with Crippen LogP contribution < -0.4 is 0 Å². The molecule has 0 rings (SSSR count). The van der Waals surface area contributed by atoms with Gasteiger partial charge in [0.1, 0.15) is 25.4 Å². The summed E-state index contributed by atoms with van der Waals surface area (Å²) >= 11 is 0. The number of hydrogen-bond donors (Lipinski definition) is 4. The molecule has 4 N–H and O–H groups in total.